The van der Waals surface area contributed by atoms with Crippen LogP contribution in [0.5, 0.6) is 0 Å². The predicted octanol–water partition coefficient (Wildman–Crippen LogP) is 32.2. The van der Waals surface area contributed by atoms with Gasteiger partial charge in [0.2, 0.25) is 0 Å². The van der Waals surface area contributed by atoms with Gasteiger partial charge in [-0.05, 0) is 262 Å². The fourth-order valence-electron chi connectivity index (χ4n) is 19.2. The molecule has 0 unspecified atom stereocenters. The van der Waals surface area contributed by atoms with E-state index in [4.69, 9.17) is 8.83 Å². The summed E-state index contributed by atoms with van der Waals surface area (Å²) in [4.78, 5) is 4.77. The van der Waals surface area contributed by atoms with E-state index in [2.05, 4.69) is 431 Å². The summed E-state index contributed by atoms with van der Waals surface area (Å²) >= 11 is 0. The Kier molecular flexibility index (Phi) is 15.9. The molecule has 120 heavy (non-hydrogen) atoms. The molecule has 0 saturated heterocycles. The molecule has 0 fully saturated rings. The maximum Gasteiger partial charge on any atom is 0.135 e. The van der Waals surface area contributed by atoms with E-state index in [0.717, 1.165) is 94.9 Å². The summed E-state index contributed by atoms with van der Waals surface area (Å²) in [6.45, 7) is 0. The van der Waals surface area contributed by atoms with Gasteiger partial charge in [0.1, 0.15) is 22.3 Å². The first-order chi connectivity index (χ1) is 59.5. The lowest BCUT2D eigenvalue weighted by molar-refractivity contribution is 0.668. The van der Waals surface area contributed by atoms with Gasteiger partial charge in [0, 0.05) is 88.6 Å². The molecular weight excluding hydrogens is 1460 g/mol. The van der Waals surface area contributed by atoms with Crippen molar-refractivity contribution in [1.29, 1.82) is 0 Å². The van der Waals surface area contributed by atoms with Crippen LogP contribution in [0.2, 0.25) is 0 Å². The first kappa shape index (κ1) is 68.4. The quantitative estimate of drug-likeness (QED) is 0.121. The van der Waals surface area contributed by atoms with Gasteiger partial charge in [0.05, 0.1) is 22.1 Å². The summed E-state index contributed by atoms with van der Waals surface area (Å²) in [6, 6.07) is 158. The van der Waals surface area contributed by atoms with Crippen LogP contribution in [0.4, 0.5) is 34.1 Å². The highest BCUT2D eigenvalue weighted by Crippen LogP contribution is 2.48. The van der Waals surface area contributed by atoms with Crippen LogP contribution in [0.25, 0.3) is 197 Å². The van der Waals surface area contributed by atoms with Gasteiger partial charge in [0.15, 0.2) is 0 Å². The highest BCUT2D eigenvalue weighted by molar-refractivity contribution is 6.28. The van der Waals surface area contributed by atoms with Crippen LogP contribution in [0.3, 0.4) is 0 Å². The van der Waals surface area contributed by atoms with Crippen molar-refractivity contribution in [2.75, 3.05) is 9.80 Å². The maximum absolute atomic E-state index is 6.30. The molecule has 0 amide bonds. The van der Waals surface area contributed by atoms with Crippen molar-refractivity contribution in [3.63, 3.8) is 0 Å². The van der Waals surface area contributed by atoms with E-state index in [1.807, 2.05) is 24.3 Å². The minimum Gasteiger partial charge on any atom is -0.456 e. The standard InChI is InChI=1S/C60H38N2O.C54H34N2O/c1-3-13-39(14-4-1)41-25-32-57-54(35-41)55-36-42(26-33-58(55)62(57)43-15-5-2-6-16-43)40-23-27-44(28-24-40)61(46-30-34-60-56(38-46)52-21-11-12-22-59(52)63-60)45-29-31-51-49-19-8-7-17-47(49)48-18-9-10-20-50(48)53(51)37-45;1-2-12-37(13-3-1)56-51-20-10-8-18-46(51)49-32-36(24-30-52(49)56)35-22-25-38(26-23-35)55(40-28-31-54-50(34-40)47-19-9-11-21-53(47)57-54)39-27-29-45-43-16-5-4-14-41(43)42-15-6-7-17-44(42)48(45)33-39/h1-38H;1-34H. The molecule has 25 aromatic rings. The van der Waals surface area contributed by atoms with Gasteiger partial charge in [-0.1, -0.05) is 273 Å². The Balaban J connectivity index is 0.000000137. The topological polar surface area (TPSA) is 42.6 Å². The molecule has 25 rings (SSSR count). The second kappa shape index (κ2) is 27.9. The zero-order chi connectivity index (χ0) is 78.9. The third kappa shape index (κ3) is 11.3. The van der Waals surface area contributed by atoms with E-state index in [1.54, 1.807) is 0 Å². The second-order valence-corrected chi connectivity index (χ2v) is 31.4. The fraction of sp³-hybridized carbons (Fsp3) is 0. The monoisotopic (exact) mass is 1530 g/mol. The Morgan fingerprint density at radius 2 is 0.392 bits per heavy atom. The Labute approximate surface area is 690 Å². The fourth-order valence-corrected chi connectivity index (χ4v) is 19.2. The van der Waals surface area contributed by atoms with Gasteiger partial charge in [-0.3, -0.25) is 0 Å². The summed E-state index contributed by atoms with van der Waals surface area (Å²) in [7, 11) is 0. The number of anilines is 6. The van der Waals surface area contributed by atoms with Crippen LogP contribution < -0.4 is 9.80 Å². The molecule has 0 saturated carbocycles. The molecular formula is C114H72N4O2. The zero-order valence-corrected chi connectivity index (χ0v) is 65.2. The summed E-state index contributed by atoms with van der Waals surface area (Å²) in [5.74, 6) is 0. The van der Waals surface area contributed by atoms with Gasteiger partial charge in [-0.2, -0.15) is 0 Å². The van der Waals surface area contributed by atoms with E-state index >= 15 is 0 Å². The molecule has 0 aliphatic heterocycles. The summed E-state index contributed by atoms with van der Waals surface area (Å²) in [5.41, 5.74) is 24.2. The number of para-hydroxylation sites is 5. The lowest BCUT2D eigenvalue weighted by Gasteiger charge is -2.26. The Morgan fingerprint density at radius 1 is 0.142 bits per heavy atom. The van der Waals surface area contributed by atoms with Gasteiger partial charge in [0.25, 0.3) is 0 Å². The third-order valence-corrected chi connectivity index (χ3v) is 24.7. The molecule has 4 aromatic heterocycles. The minimum atomic E-state index is 0.881. The summed E-state index contributed by atoms with van der Waals surface area (Å²) in [5, 5.41) is 24.5. The number of benzene rings is 21. The molecule has 0 aliphatic rings. The van der Waals surface area contributed by atoms with Gasteiger partial charge < -0.3 is 27.8 Å². The number of aromatic nitrogens is 2. The van der Waals surface area contributed by atoms with E-state index in [-0.39, 0.29) is 0 Å². The molecule has 4 heterocycles. The molecule has 0 aliphatic carbocycles. The van der Waals surface area contributed by atoms with Crippen molar-refractivity contribution < 1.29 is 8.83 Å². The third-order valence-electron chi connectivity index (χ3n) is 24.7. The summed E-state index contributed by atoms with van der Waals surface area (Å²) < 4.78 is 17.3. The van der Waals surface area contributed by atoms with E-state index in [0.29, 0.717) is 0 Å². The number of nitrogens with zero attached hydrogens (tertiary/aromatic N) is 4. The molecule has 0 spiro atoms. The number of furan rings is 2. The van der Waals surface area contributed by atoms with Crippen molar-refractivity contribution >= 4 is 186 Å². The predicted molar refractivity (Wildman–Crippen MR) is 507 cm³/mol. The number of hydrogen-bond acceptors (Lipinski definition) is 4. The van der Waals surface area contributed by atoms with Crippen LogP contribution in [-0.4, -0.2) is 9.13 Å². The molecule has 21 aromatic carbocycles. The maximum atomic E-state index is 6.30. The largest absolute Gasteiger partial charge is 0.456 e. The van der Waals surface area contributed by atoms with Crippen molar-refractivity contribution in [2.24, 2.45) is 0 Å². The van der Waals surface area contributed by atoms with Crippen molar-refractivity contribution in [3.8, 4) is 44.8 Å². The first-order valence-electron chi connectivity index (χ1n) is 41.1. The second-order valence-electron chi connectivity index (χ2n) is 31.4. The molecule has 0 atom stereocenters. The van der Waals surface area contributed by atoms with Crippen molar-refractivity contribution in [3.05, 3.63) is 437 Å². The van der Waals surface area contributed by atoms with E-state index in [9.17, 15) is 0 Å². The zero-order valence-electron chi connectivity index (χ0n) is 65.2. The average molecular weight is 1530 g/mol. The highest BCUT2D eigenvalue weighted by Gasteiger charge is 2.24. The molecule has 0 N–H and O–H groups in total. The number of rotatable bonds is 11. The first-order valence-corrected chi connectivity index (χ1v) is 41.1. The van der Waals surface area contributed by atoms with Gasteiger partial charge >= 0.3 is 0 Å². The van der Waals surface area contributed by atoms with Crippen LogP contribution in [0.15, 0.2) is 446 Å². The Bertz CT molecular complexity index is 8340. The van der Waals surface area contributed by atoms with Crippen LogP contribution in [0.1, 0.15) is 0 Å². The smallest absolute Gasteiger partial charge is 0.135 e. The van der Waals surface area contributed by atoms with Crippen LogP contribution in [0, 0.1) is 0 Å². The molecule has 0 bridgehead atoms. The normalized spacial score (nSPS) is 11.8. The van der Waals surface area contributed by atoms with Gasteiger partial charge in [-0.15, -0.1) is 0 Å². The average Bonchev–Trinajstić information content (AvgIpc) is 1.72. The van der Waals surface area contributed by atoms with Crippen LogP contribution in [-0.2, 0) is 0 Å². The molecule has 6 nitrogen and oxygen atoms in total. The van der Waals surface area contributed by atoms with Gasteiger partial charge in [-0.25, -0.2) is 0 Å². The van der Waals surface area contributed by atoms with Crippen molar-refractivity contribution in [2.45, 2.75) is 0 Å². The van der Waals surface area contributed by atoms with E-state index < -0.39 is 0 Å². The van der Waals surface area contributed by atoms with Crippen LogP contribution >= 0.6 is 0 Å². The Hall–Kier alpha value is -16.0. The van der Waals surface area contributed by atoms with E-state index in [1.165, 1.54) is 136 Å². The lowest BCUT2D eigenvalue weighted by Crippen LogP contribution is -2.10. The minimum absolute atomic E-state index is 0.881. The summed E-state index contributed by atoms with van der Waals surface area (Å²) in [6.07, 6.45) is 0. The SMILES string of the molecule is c1ccc(-c2ccc3c(c2)c2cc(-c4ccc(N(c5ccc6oc7ccccc7c6c5)c5ccc6c7ccccc7c7ccccc7c6c5)cc4)ccc2n3-c2ccccc2)cc1.c1ccc(-n2c3ccccc3c3cc(-c4ccc(N(c5ccc6oc7ccccc7c6c5)c5ccc6c7ccccc7c7ccccc7c6c5)cc4)ccc32)cc1. The highest BCUT2D eigenvalue weighted by atomic mass is 16.3. The lowest BCUT2D eigenvalue weighted by atomic mass is 9.94. The number of fused-ring (bicyclic) bond motifs is 24. The molecule has 560 valence electrons. The Morgan fingerprint density at radius 3 is 0.775 bits per heavy atom. The van der Waals surface area contributed by atoms with Crippen molar-refractivity contribution in [1.82, 2.24) is 9.13 Å². The molecule has 6 heteroatoms. The molecule has 0 radical (unpaired) electrons. The number of hydrogen-bond donors (Lipinski definition) is 0.